The fourth-order valence-electron chi connectivity index (χ4n) is 0.115. The maximum absolute atomic E-state index is 4.78. The van der Waals surface area contributed by atoms with Gasteiger partial charge in [-0.2, -0.15) is 0 Å². The topological polar surface area (TPSA) is 9.23 Å². The summed E-state index contributed by atoms with van der Waals surface area (Å²) in [6, 6.07) is 0. The standard InChI is InChI=1S/C2H3OS6/c1-2-3-9(6,7)8(4)5/h2H,1H2/q-1. The monoisotopic (exact) mass is 235 g/mol. The molecule has 0 atom stereocenters. The predicted octanol–water partition coefficient (Wildman–Crippen LogP) is 0.596. The molecule has 0 N–H and O–H groups in total. The maximum Gasteiger partial charge on any atom is 0.0919 e. The smallest absolute Gasteiger partial charge is 0.0919 e. The quantitative estimate of drug-likeness (QED) is 0.401. The Hall–Kier alpha value is 1.12. The second-order valence-electron chi connectivity index (χ2n) is 0.875. The van der Waals surface area contributed by atoms with Gasteiger partial charge in [0.05, 0.1) is 6.26 Å². The molecule has 0 saturated carbocycles. The Balaban J connectivity index is 4.62. The molecule has 0 bridgehead atoms. The van der Waals surface area contributed by atoms with E-state index in [0.29, 0.717) is 0 Å². The highest BCUT2D eigenvalue weighted by atomic mass is 33.7. The Morgan fingerprint density at radius 1 is 1.44 bits per heavy atom. The molecule has 0 aliphatic heterocycles. The van der Waals surface area contributed by atoms with Crippen molar-refractivity contribution in [2.24, 2.45) is 0 Å². The lowest BCUT2D eigenvalue weighted by atomic mass is 11.2. The molecule has 0 aliphatic rings. The van der Waals surface area contributed by atoms with Crippen LogP contribution in [0.2, 0.25) is 0 Å². The van der Waals surface area contributed by atoms with Crippen LogP contribution in [0.5, 0.6) is 0 Å². The summed E-state index contributed by atoms with van der Waals surface area (Å²) in [5, 5.41) is 0. The zero-order valence-corrected chi connectivity index (χ0v) is 9.04. The molecule has 0 aliphatic carbocycles. The van der Waals surface area contributed by atoms with E-state index in [9.17, 15) is 0 Å². The van der Waals surface area contributed by atoms with Crippen LogP contribution in [0.1, 0.15) is 0 Å². The van der Waals surface area contributed by atoms with E-state index in [1.807, 2.05) is 0 Å². The zero-order valence-electron chi connectivity index (χ0n) is 4.14. The van der Waals surface area contributed by atoms with Crippen LogP contribution in [0, 0.1) is 0 Å². The molecule has 7 heteroatoms. The minimum Gasteiger partial charge on any atom is -0.449 e. The second-order valence-corrected chi connectivity index (χ2v) is 13.3. The summed E-state index contributed by atoms with van der Waals surface area (Å²) in [7, 11) is -0.840. The van der Waals surface area contributed by atoms with E-state index >= 15 is 0 Å². The van der Waals surface area contributed by atoms with Crippen LogP contribution in [0.3, 0.4) is 0 Å². The largest absolute Gasteiger partial charge is 0.449 e. The van der Waals surface area contributed by atoms with Gasteiger partial charge in [0.2, 0.25) is 0 Å². The van der Waals surface area contributed by atoms with E-state index in [4.69, 9.17) is 26.6 Å². The normalized spacial score (nSPS) is 11.2. The van der Waals surface area contributed by atoms with Crippen molar-refractivity contribution in [3.05, 3.63) is 12.8 Å². The minimum absolute atomic E-state index is 0.840. The van der Waals surface area contributed by atoms with Gasteiger partial charge in [0.1, 0.15) is 0 Å². The molecule has 0 fully saturated rings. The Kier molecular flexibility index (Phi) is 4.60. The van der Waals surface area contributed by atoms with Crippen molar-refractivity contribution in [1.29, 1.82) is 0 Å². The maximum atomic E-state index is 4.78. The summed E-state index contributed by atoms with van der Waals surface area (Å²) in [6.45, 7) is 1.26. The second kappa shape index (κ2) is 4.09. The van der Waals surface area contributed by atoms with Gasteiger partial charge < -0.3 is 4.18 Å². The average molecular weight is 235 g/mol. The molecular formula is C2H3OS6-. The highest BCUT2D eigenvalue weighted by Crippen LogP contribution is 1.95. The first-order valence-electron chi connectivity index (χ1n) is 1.64. The number of hydrogen-bond donors (Lipinski definition) is 0. The molecule has 0 spiro atoms. The Morgan fingerprint density at radius 2 is 1.89 bits per heavy atom. The van der Waals surface area contributed by atoms with Crippen molar-refractivity contribution < 1.29 is 4.18 Å². The van der Waals surface area contributed by atoms with Gasteiger partial charge in [-0.3, -0.25) is 0 Å². The van der Waals surface area contributed by atoms with Gasteiger partial charge in [-0.1, -0.05) is 6.58 Å². The van der Waals surface area contributed by atoms with Gasteiger partial charge in [-0.15, -0.1) is 0 Å². The summed E-state index contributed by atoms with van der Waals surface area (Å²) in [5.74, 6) is 0. The van der Waals surface area contributed by atoms with Gasteiger partial charge in [-0.05, 0) is 28.8 Å². The number of hydrogen-bond acceptors (Lipinski definition) is 6. The molecule has 0 heterocycles. The molecule has 0 radical (unpaired) electrons. The van der Waals surface area contributed by atoms with Crippen LogP contribution in [0.15, 0.2) is 12.8 Å². The first kappa shape index (κ1) is 10.1. The van der Waals surface area contributed by atoms with E-state index in [1.54, 1.807) is 0 Å². The highest BCUT2D eigenvalue weighted by Gasteiger charge is 1.82. The molecule has 0 saturated heterocycles. The summed E-state index contributed by atoms with van der Waals surface area (Å²) in [5.41, 5.74) is 0. The van der Waals surface area contributed by atoms with Crippen molar-refractivity contribution in [3.8, 4) is 0 Å². The third-order valence-corrected chi connectivity index (χ3v) is 11.8. The van der Waals surface area contributed by atoms with Crippen molar-refractivity contribution in [2.45, 2.75) is 0 Å². The van der Waals surface area contributed by atoms with Gasteiger partial charge in [0.15, 0.2) is 0 Å². The van der Waals surface area contributed by atoms with Gasteiger partial charge >= 0.3 is 0 Å². The van der Waals surface area contributed by atoms with Gasteiger partial charge in [-0.25, -0.2) is 29.4 Å². The van der Waals surface area contributed by atoms with Crippen LogP contribution >= 0.6 is 0 Å². The van der Waals surface area contributed by atoms with Crippen LogP contribution < -0.4 is 0 Å². The van der Waals surface area contributed by atoms with Crippen molar-refractivity contribution in [2.75, 3.05) is 0 Å². The zero-order chi connectivity index (χ0) is 7.49. The lowest BCUT2D eigenvalue weighted by Crippen LogP contribution is -1.95. The predicted molar refractivity (Wildman–Crippen MR) is 55.5 cm³/mol. The van der Waals surface area contributed by atoms with Crippen LogP contribution in [-0.4, -0.2) is 0 Å². The lowest BCUT2D eigenvalue weighted by molar-refractivity contribution is 0.571. The molecule has 0 amide bonds. The molecule has 9 heavy (non-hydrogen) atoms. The van der Waals surface area contributed by atoms with Crippen molar-refractivity contribution in [1.82, 2.24) is 0 Å². The fraction of sp³-hybridized carbons (Fsp3) is 0. The summed E-state index contributed by atoms with van der Waals surface area (Å²) in [6.07, 6.45) is 1.20. The molecule has 0 unspecified atom stereocenters. The fourth-order valence-corrected chi connectivity index (χ4v) is 1.62. The molecule has 54 valence electrons. The van der Waals surface area contributed by atoms with Crippen LogP contribution in [0.4, 0.5) is 0 Å². The lowest BCUT2D eigenvalue weighted by Gasteiger charge is -2.11. The van der Waals surface area contributed by atoms with Crippen molar-refractivity contribution in [3.63, 3.8) is 0 Å². The Morgan fingerprint density at radius 3 is 2.00 bits per heavy atom. The molecule has 0 aromatic heterocycles. The van der Waals surface area contributed by atoms with E-state index < -0.39 is 13.5 Å². The summed E-state index contributed by atoms with van der Waals surface area (Å²) in [4.78, 5) is 0. The van der Waals surface area contributed by atoms with Gasteiger partial charge in [0.25, 0.3) is 0 Å². The third-order valence-electron chi connectivity index (χ3n) is 0.353. The number of rotatable bonds is 3. The summed E-state index contributed by atoms with van der Waals surface area (Å²) < 4.78 is 4.77. The SMILES string of the molecule is C=COS(=S)(=S)[S-](=S)=S. The van der Waals surface area contributed by atoms with Gasteiger partial charge in [0, 0.05) is 0 Å². The first-order valence-corrected chi connectivity index (χ1v) is 8.64. The summed E-state index contributed by atoms with van der Waals surface area (Å²) >= 11 is 18.9. The van der Waals surface area contributed by atoms with Crippen LogP contribution in [0.25, 0.3) is 0 Å². The molecule has 0 aromatic rings. The average Bonchev–Trinajstić information content (AvgIpc) is 1.65. The molecular weight excluding hydrogens is 232 g/mol. The molecule has 0 aromatic carbocycles. The van der Waals surface area contributed by atoms with E-state index in [0.717, 1.165) is 0 Å². The Bertz CT molecular complexity index is 247. The third kappa shape index (κ3) is 3.74. The molecule has 0 rings (SSSR count). The molecule has 1 nitrogen and oxygen atoms in total. The van der Waals surface area contributed by atoms with Crippen molar-refractivity contribution >= 4 is 58.3 Å². The first-order chi connectivity index (χ1) is 4.00. The van der Waals surface area contributed by atoms with Crippen LogP contribution in [-0.2, 0) is 62.4 Å². The van der Waals surface area contributed by atoms with E-state index in [2.05, 4.69) is 29.0 Å². The Labute approximate surface area is 74.7 Å². The van der Waals surface area contributed by atoms with E-state index in [1.165, 1.54) is 6.26 Å². The van der Waals surface area contributed by atoms with E-state index in [-0.39, 0.29) is 0 Å². The highest BCUT2D eigenvalue weighted by molar-refractivity contribution is 9.03. The minimum atomic E-state index is -2.04.